The van der Waals surface area contributed by atoms with Gasteiger partial charge in [0.1, 0.15) is 5.75 Å². The summed E-state index contributed by atoms with van der Waals surface area (Å²) in [6.45, 7) is 1.13. The van der Waals surface area contributed by atoms with E-state index >= 15 is 0 Å². The number of nitrogens with zero attached hydrogens (tertiary/aromatic N) is 1. The summed E-state index contributed by atoms with van der Waals surface area (Å²) in [6.07, 6.45) is 2.79. The number of carbonyl (C=O) groups is 1. The van der Waals surface area contributed by atoms with Crippen molar-refractivity contribution in [1.29, 1.82) is 0 Å². The Labute approximate surface area is 144 Å². The lowest BCUT2D eigenvalue weighted by molar-refractivity contribution is -0.0498. The van der Waals surface area contributed by atoms with Crippen molar-refractivity contribution in [2.75, 3.05) is 6.54 Å². The van der Waals surface area contributed by atoms with Crippen molar-refractivity contribution in [3.63, 3.8) is 0 Å². The van der Waals surface area contributed by atoms with Crippen LogP contribution in [0, 0.1) is 6.92 Å². The van der Waals surface area contributed by atoms with Crippen LogP contribution in [0.2, 0.25) is 0 Å². The molecule has 0 unspecified atom stereocenters. The summed E-state index contributed by atoms with van der Waals surface area (Å²) in [6, 6.07) is 5.62. The van der Waals surface area contributed by atoms with Gasteiger partial charge < -0.3 is 15.4 Å². The zero-order valence-electron chi connectivity index (χ0n) is 13.8. The quantitative estimate of drug-likeness (QED) is 0.873. The topological polar surface area (TPSA) is 63.2 Å². The number of aryl methyl sites for hydroxylation is 1. The maximum atomic E-state index is 12.3. The molecule has 0 spiro atoms. The van der Waals surface area contributed by atoms with E-state index in [1.165, 1.54) is 29.8 Å². The molecule has 1 amide bonds. The van der Waals surface area contributed by atoms with E-state index in [0.717, 1.165) is 36.3 Å². The third kappa shape index (κ3) is 4.11. The average molecular weight is 347 g/mol. The smallest absolute Gasteiger partial charge is 0.387 e. The van der Waals surface area contributed by atoms with Crippen molar-refractivity contribution in [3.05, 3.63) is 58.4 Å². The van der Waals surface area contributed by atoms with E-state index < -0.39 is 6.61 Å². The highest BCUT2D eigenvalue weighted by atomic mass is 19.3. The minimum absolute atomic E-state index is 0.0243. The molecule has 1 aromatic carbocycles. The number of carbonyl (C=O) groups excluding carboxylic acids is 1. The van der Waals surface area contributed by atoms with Gasteiger partial charge in [-0.25, -0.2) is 0 Å². The molecular weight excluding hydrogens is 328 g/mol. The molecule has 7 heteroatoms. The average Bonchev–Trinajstić information content (AvgIpc) is 2.61. The number of hydrogen-bond donors (Lipinski definition) is 2. The van der Waals surface area contributed by atoms with E-state index in [2.05, 4.69) is 20.4 Å². The second kappa shape index (κ2) is 7.57. The molecule has 0 saturated carbocycles. The standard InChI is InChI=1S/C18H19F2N3O2/c1-11-16(15-6-7-21-8-13(15)9-22-11)10-23-17(24)12-2-4-14(5-3-12)25-18(19)20/h2-5,9,18,21H,6-8,10H2,1H3,(H,23,24). The van der Waals surface area contributed by atoms with Crippen LogP contribution in [0.5, 0.6) is 5.75 Å². The van der Waals surface area contributed by atoms with E-state index in [4.69, 9.17) is 0 Å². The Kier molecular flexibility index (Phi) is 5.23. The van der Waals surface area contributed by atoms with Crippen molar-refractivity contribution < 1.29 is 18.3 Å². The molecule has 2 N–H and O–H groups in total. The van der Waals surface area contributed by atoms with Gasteiger partial charge in [0.25, 0.3) is 5.91 Å². The van der Waals surface area contributed by atoms with Crippen LogP contribution in [0.25, 0.3) is 0 Å². The van der Waals surface area contributed by atoms with Crippen molar-refractivity contribution >= 4 is 5.91 Å². The lowest BCUT2D eigenvalue weighted by Gasteiger charge is -2.21. The van der Waals surface area contributed by atoms with E-state index in [-0.39, 0.29) is 11.7 Å². The second-order valence-corrected chi connectivity index (χ2v) is 5.84. The van der Waals surface area contributed by atoms with Crippen LogP contribution < -0.4 is 15.4 Å². The maximum Gasteiger partial charge on any atom is 0.387 e. The van der Waals surface area contributed by atoms with Gasteiger partial charge in [0, 0.05) is 30.5 Å². The van der Waals surface area contributed by atoms with E-state index in [1.54, 1.807) is 0 Å². The van der Waals surface area contributed by atoms with Gasteiger partial charge in [0.15, 0.2) is 0 Å². The van der Waals surface area contributed by atoms with E-state index in [9.17, 15) is 13.6 Å². The number of fused-ring (bicyclic) bond motifs is 1. The van der Waals surface area contributed by atoms with Gasteiger partial charge in [-0.05, 0) is 60.8 Å². The number of nitrogens with one attached hydrogen (secondary N) is 2. The predicted octanol–water partition coefficient (Wildman–Crippen LogP) is 2.57. The molecule has 3 rings (SSSR count). The molecule has 1 aliphatic rings. The summed E-state index contributed by atoms with van der Waals surface area (Å²) in [5.41, 5.74) is 4.74. The highest BCUT2D eigenvalue weighted by molar-refractivity contribution is 5.94. The first-order valence-electron chi connectivity index (χ1n) is 8.04. The van der Waals surface area contributed by atoms with Crippen molar-refractivity contribution in [2.24, 2.45) is 0 Å². The Balaban J connectivity index is 1.68. The first-order valence-corrected chi connectivity index (χ1v) is 8.04. The predicted molar refractivity (Wildman–Crippen MR) is 88.6 cm³/mol. The van der Waals surface area contributed by atoms with Crippen molar-refractivity contribution in [3.8, 4) is 5.75 Å². The number of rotatable bonds is 5. The highest BCUT2D eigenvalue weighted by Crippen LogP contribution is 2.20. The van der Waals surface area contributed by atoms with Gasteiger partial charge >= 0.3 is 6.61 Å². The lowest BCUT2D eigenvalue weighted by Crippen LogP contribution is -2.28. The van der Waals surface area contributed by atoms with Crippen LogP contribution in [0.15, 0.2) is 30.5 Å². The minimum Gasteiger partial charge on any atom is -0.435 e. The number of amides is 1. The first kappa shape index (κ1) is 17.3. The van der Waals surface area contributed by atoms with Crippen molar-refractivity contribution in [2.45, 2.75) is 33.0 Å². The normalized spacial score (nSPS) is 13.4. The van der Waals surface area contributed by atoms with Gasteiger partial charge in [-0.15, -0.1) is 0 Å². The van der Waals surface area contributed by atoms with Crippen LogP contribution in [-0.4, -0.2) is 24.0 Å². The lowest BCUT2D eigenvalue weighted by atomic mass is 9.96. The third-order valence-corrected chi connectivity index (χ3v) is 4.24. The van der Waals surface area contributed by atoms with Crippen LogP contribution in [-0.2, 0) is 19.5 Å². The van der Waals surface area contributed by atoms with Gasteiger partial charge in [0.2, 0.25) is 0 Å². The molecule has 0 bridgehead atoms. The van der Waals surface area contributed by atoms with E-state index in [1.807, 2.05) is 13.1 Å². The largest absolute Gasteiger partial charge is 0.435 e. The summed E-state index contributed by atoms with van der Waals surface area (Å²) in [7, 11) is 0. The number of benzene rings is 1. The molecule has 5 nitrogen and oxygen atoms in total. The maximum absolute atomic E-state index is 12.3. The number of pyridine rings is 1. The molecule has 1 aliphatic heterocycles. The van der Waals surface area contributed by atoms with Crippen LogP contribution >= 0.6 is 0 Å². The van der Waals surface area contributed by atoms with Crippen LogP contribution in [0.1, 0.15) is 32.7 Å². The van der Waals surface area contributed by atoms with Crippen LogP contribution in [0.3, 0.4) is 0 Å². The Morgan fingerprint density at radius 3 is 2.84 bits per heavy atom. The molecule has 132 valence electrons. The number of aromatic nitrogens is 1. The third-order valence-electron chi connectivity index (χ3n) is 4.24. The fourth-order valence-corrected chi connectivity index (χ4v) is 2.94. The highest BCUT2D eigenvalue weighted by Gasteiger charge is 2.16. The number of halogens is 2. The monoisotopic (exact) mass is 347 g/mol. The summed E-state index contributed by atoms with van der Waals surface area (Å²) >= 11 is 0. The fourth-order valence-electron chi connectivity index (χ4n) is 2.94. The molecule has 0 aliphatic carbocycles. The van der Waals surface area contributed by atoms with Crippen molar-refractivity contribution in [1.82, 2.24) is 15.6 Å². The van der Waals surface area contributed by atoms with Crippen LogP contribution in [0.4, 0.5) is 8.78 Å². The molecule has 2 aromatic rings. The number of hydrogen-bond acceptors (Lipinski definition) is 4. The fraction of sp³-hybridized carbons (Fsp3) is 0.333. The SMILES string of the molecule is Cc1ncc2c(c1CNC(=O)c1ccc(OC(F)F)cc1)CCNC2. The summed E-state index contributed by atoms with van der Waals surface area (Å²) in [5, 5.41) is 6.18. The molecule has 0 radical (unpaired) electrons. The van der Waals surface area contributed by atoms with Gasteiger partial charge in [0.05, 0.1) is 0 Å². The second-order valence-electron chi connectivity index (χ2n) is 5.84. The van der Waals surface area contributed by atoms with E-state index in [0.29, 0.717) is 12.1 Å². The minimum atomic E-state index is -2.88. The molecule has 0 fully saturated rings. The van der Waals surface area contributed by atoms with Gasteiger partial charge in [-0.1, -0.05) is 0 Å². The Morgan fingerprint density at radius 1 is 1.36 bits per heavy atom. The number of ether oxygens (including phenoxy) is 1. The molecule has 25 heavy (non-hydrogen) atoms. The molecule has 2 heterocycles. The zero-order valence-corrected chi connectivity index (χ0v) is 13.8. The summed E-state index contributed by atoms with van der Waals surface area (Å²) in [4.78, 5) is 16.7. The Morgan fingerprint density at radius 2 is 2.12 bits per heavy atom. The summed E-state index contributed by atoms with van der Waals surface area (Å²) in [5.74, 6) is -0.245. The zero-order chi connectivity index (χ0) is 17.8. The summed E-state index contributed by atoms with van der Waals surface area (Å²) < 4.78 is 28.6. The first-order chi connectivity index (χ1) is 12.0. The van der Waals surface area contributed by atoms with Gasteiger partial charge in [-0.2, -0.15) is 8.78 Å². The molecule has 0 saturated heterocycles. The number of alkyl halides is 2. The Bertz CT molecular complexity index is 764. The Hall–Kier alpha value is -2.54. The molecule has 0 atom stereocenters. The van der Waals surface area contributed by atoms with Gasteiger partial charge in [-0.3, -0.25) is 9.78 Å². The molecule has 1 aromatic heterocycles. The molecular formula is C18H19F2N3O2.